The third-order valence-electron chi connectivity index (χ3n) is 4.65. The van der Waals surface area contributed by atoms with Crippen LogP contribution in [0.2, 0.25) is 0 Å². The molecule has 2 aromatic carbocycles. The van der Waals surface area contributed by atoms with Gasteiger partial charge in [-0.05, 0) is 42.5 Å². The van der Waals surface area contributed by atoms with E-state index in [0.29, 0.717) is 0 Å². The van der Waals surface area contributed by atoms with E-state index in [1.807, 2.05) is 11.3 Å². The van der Waals surface area contributed by atoms with Crippen molar-refractivity contribution in [2.75, 3.05) is 0 Å². The standard InChI is InChI=1S/C20H18S/c1-15-14-18-19(21-15)12-13-20(18,16-8-4-2-5-9-16)17-10-6-3-7-11-17/h2-11,14H,12-13H2,1H3. The van der Waals surface area contributed by atoms with Crippen molar-refractivity contribution >= 4 is 11.3 Å². The summed E-state index contributed by atoms with van der Waals surface area (Å²) < 4.78 is 0. The summed E-state index contributed by atoms with van der Waals surface area (Å²) >= 11 is 1.97. The van der Waals surface area contributed by atoms with E-state index < -0.39 is 0 Å². The molecule has 1 heterocycles. The molecule has 0 unspecified atom stereocenters. The first kappa shape index (κ1) is 12.8. The zero-order chi connectivity index (χ0) is 14.3. The van der Waals surface area contributed by atoms with Crippen LogP contribution in [0.1, 0.15) is 32.9 Å². The quantitative estimate of drug-likeness (QED) is 0.598. The van der Waals surface area contributed by atoms with Crippen LogP contribution in [0.3, 0.4) is 0 Å². The minimum atomic E-state index is 0.0443. The molecule has 21 heavy (non-hydrogen) atoms. The first-order chi connectivity index (χ1) is 10.3. The van der Waals surface area contributed by atoms with Gasteiger partial charge in [-0.2, -0.15) is 0 Å². The van der Waals surface area contributed by atoms with Crippen LogP contribution in [0.15, 0.2) is 66.7 Å². The summed E-state index contributed by atoms with van der Waals surface area (Å²) in [5.74, 6) is 0. The van der Waals surface area contributed by atoms with E-state index in [1.165, 1.54) is 34.4 Å². The molecule has 3 aromatic rings. The fraction of sp³-hybridized carbons (Fsp3) is 0.200. The Labute approximate surface area is 130 Å². The number of thiophene rings is 1. The maximum absolute atomic E-state index is 2.41. The van der Waals surface area contributed by atoms with E-state index in [4.69, 9.17) is 0 Å². The third kappa shape index (κ3) is 1.88. The van der Waals surface area contributed by atoms with Gasteiger partial charge in [0.05, 0.1) is 0 Å². The van der Waals surface area contributed by atoms with E-state index in [2.05, 4.69) is 73.7 Å². The number of rotatable bonds is 2. The van der Waals surface area contributed by atoms with Crippen LogP contribution in [0.5, 0.6) is 0 Å². The van der Waals surface area contributed by atoms with Crippen molar-refractivity contribution in [2.24, 2.45) is 0 Å². The minimum absolute atomic E-state index is 0.0443. The topological polar surface area (TPSA) is 0 Å². The summed E-state index contributed by atoms with van der Waals surface area (Å²) in [6.07, 6.45) is 2.38. The molecular weight excluding hydrogens is 272 g/mol. The normalized spacial score (nSPS) is 15.9. The van der Waals surface area contributed by atoms with Crippen LogP contribution in [0.4, 0.5) is 0 Å². The predicted octanol–water partition coefficient (Wildman–Crippen LogP) is 5.34. The van der Waals surface area contributed by atoms with Crippen molar-refractivity contribution in [3.8, 4) is 0 Å². The van der Waals surface area contributed by atoms with E-state index in [-0.39, 0.29) is 5.41 Å². The highest BCUT2D eigenvalue weighted by atomic mass is 32.1. The second-order valence-corrected chi connectivity index (χ2v) is 7.17. The summed E-state index contributed by atoms with van der Waals surface area (Å²) in [5, 5.41) is 0. The van der Waals surface area contributed by atoms with E-state index in [9.17, 15) is 0 Å². The van der Waals surface area contributed by atoms with Crippen LogP contribution >= 0.6 is 11.3 Å². The van der Waals surface area contributed by atoms with Crippen LogP contribution in [0, 0.1) is 6.92 Å². The lowest BCUT2D eigenvalue weighted by Gasteiger charge is -2.31. The Balaban J connectivity index is 2.01. The number of fused-ring (bicyclic) bond motifs is 1. The zero-order valence-corrected chi connectivity index (χ0v) is 13.0. The van der Waals surface area contributed by atoms with Crippen molar-refractivity contribution in [2.45, 2.75) is 25.2 Å². The number of aryl methyl sites for hydroxylation is 2. The van der Waals surface area contributed by atoms with Gasteiger partial charge in [0.1, 0.15) is 0 Å². The Hall–Kier alpha value is -1.86. The highest BCUT2D eigenvalue weighted by Crippen LogP contribution is 2.51. The first-order valence-corrected chi connectivity index (χ1v) is 8.33. The fourth-order valence-corrected chi connectivity index (χ4v) is 4.87. The number of hydrogen-bond acceptors (Lipinski definition) is 1. The van der Waals surface area contributed by atoms with Gasteiger partial charge >= 0.3 is 0 Å². The monoisotopic (exact) mass is 290 g/mol. The Kier molecular flexibility index (Phi) is 2.97. The maximum Gasteiger partial charge on any atom is 0.0465 e. The molecule has 4 rings (SSSR count). The van der Waals surface area contributed by atoms with Crippen LogP contribution in [0.25, 0.3) is 0 Å². The Morgan fingerprint density at radius 2 is 1.43 bits per heavy atom. The molecule has 1 aliphatic rings. The molecule has 0 nitrogen and oxygen atoms in total. The van der Waals surface area contributed by atoms with Gasteiger partial charge in [0.2, 0.25) is 0 Å². The molecule has 0 aliphatic heterocycles. The molecular formula is C20H18S. The van der Waals surface area contributed by atoms with Gasteiger partial charge in [-0.25, -0.2) is 0 Å². The van der Waals surface area contributed by atoms with Crippen molar-refractivity contribution in [1.82, 2.24) is 0 Å². The van der Waals surface area contributed by atoms with Crippen LogP contribution in [-0.4, -0.2) is 0 Å². The second-order valence-electron chi connectivity index (χ2n) is 5.83. The summed E-state index contributed by atoms with van der Waals surface area (Å²) in [6.45, 7) is 2.23. The average molecular weight is 290 g/mol. The van der Waals surface area contributed by atoms with Crippen molar-refractivity contribution in [1.29, 1.82) is 0 Å². The SMILES string of the molecule is Cc1cc2c(s1)CCC2(c1ccccc1)c1ccccc1. The molecule has 0 amide bonds. The average Bonchev–Trinajstić information content (AvgIpc) is 3.07. The molecule has 0 radical (unpaired) electrons. The van der Waals surface area contributed by atoms with Gasteiger partial charge < -0.3 is 0 Å². The molecule has 0 bridgehead atoms. The fourth-order valence-electron chi connectivity index (χ4n) is 3.76. The van der Waals surface area contributed by atoms with E-state index >= 15 is 0 Å². The molecule has 0 N–H and O–H groups in total. The Morgan fingerprint density at radius 1 is 0.857 bits per heavy atom. The molecule has 1 heteroatoms. The van der Waals surface area contributed by atoms with Gasteiger partial charge in [0.25, 0.3) is 0 Å². The molecule has 1 aliphatic carbocycles. The largest absolute Gasteiger partial charge is 0.145 e. The summed E-state index contributed by atoms with van der Waals surface area (Å²) in [4.78, 5) is 3.00. The Morgan fingerprint density at radius 3 is 2.00 bits per heavy atom. The van der Waals surface area contributed by atoms with Gasteiger partial charge in [0.15, 0.2) is 0 Å². The predicted molar refractivity (Wildman–Crippen MR) is 90.1 cm³/mol. The zero-order valence-electron chi connectivity index (χ0n) is 12.2. The second kappa shape index (κ2) is 4.85. The molecule has 0 saturated heterocycles. The van der Waals surface area contributed by atoms with E-state index in [1.54, 1.807) is 4.88 Å². The van der Waals surface area contributed by atoms with Crippen molar-refractivity contribution in [3.05, 3.63) is 93.2 Å². The molecule has 0 saturated carbocycles. The Bertz CT molecular complexity index is 714. The summed E-state index contributed by atoms with van der Waals surface area (Å²) in [5.41, 5.74) is 4.42. The third-order valence-corrected chi connectivity index (χ3v) is 5.76. The maximum atomic E-state index is 2.41. The molecule has 0 spiro atoms. The van der Waals surface area contributed by atoms with Crippen molar-refractivity contribution < 1.29 is 0 Å². The summed E-state index contributed by atoms with van der Waals surface area (Å²) in [7, 11) is 0. The lowest BCUT2D eigenvalue weighted by molar-refractivity contribution is 0.610. The highest BCUT2D eigenvalue weighted by Gasteiger charge is 2.42. The first-order valence-electron chi connectivity index (χ1n) is 7.51. The van der Waals surface area contributed by atoms with Gasteiger partial charge in [-0.1, -0.05) is 60.7 Å². The number of hydrogen-bond donors (Lipinski definition) is 0. The van der Waals surface area contributed by atoms with Crippen LogP contribution in [-0.2, 0) is 11.8 Å². The summed E-state index contributed by atoms with van der Waals surface area (Å²) in [6, 6.07) is 24.4. The van der Waals surface area contributed by atoms with Crippen molar-refractivity contribution in [3.63, 3.8) is 0 Å². The number of benzene rings is 2. The van der Waals surface area contributed by atoms with Gasteiger partial charge in [-0.15, -0.1) is 11.3 Å². The van der Waals surface area contributed by atoms with E-state index in [0.717, 1.165) is 0 Å². The molecule has 0 fully saturated rings. The minimum Gasteiger partial charge on any atom is -0.145 e. The highest BCUT2D eigenvalue weighted by molar-refractivity contribution is 7.12. The lowest BCUT2D eigenvalue weighted by atomic mass is 9.71. The van der Waals surface area contributed by atoms with Gasteiger partial charge in [-0.3, -0.25) is 0 Å². The smallest absolute Gasteiger partial charge is 0.0465 e. The molecule has 1 aromatic heterocycles. The van der Waals surface area contributed by atoms with Gasteiger partial charge in [0, 0.05) is 15.2 Å². The molecule has 104 valence electrons. The molecule has 0 atom stereocenters. The van der Waals surface area contributed by atoms with Crippen LogP contribution < -0.4 is 0 Å². The lowest BCUT2D eigenvalue weighted by Crippen LogP contribution is -2.26.